The zero-order valence-corrected chi connectivity index (χ0v) is 10.8. The van der Waals surface area contributed by atoms with Gasteiger partial charge >= 0.3 is 0 Å². The molecule has 0 radical (unpaired) electrons. The van der Waals surface area contributed by atoms with Crippen molar-refractivity contribution in [2.24, 2.45) is 0 Å². The van der Waals surface area contributed by atoms with E-state index in [1.807, 2.05) is 12.3 Å². The van der Waals surface area contributed by atoms with Crippen molar-refractivity contribution in [2.45, 2.75) is 51.7 Å². The van der Waals surface area contributed by atoms with Crippen molar-refractivity contribution in [3.8, 4) is 5.88 Å². The standard InChI is InChI=1S/C14H22N2O/c1-3-9-15-11(2)12-7-8-14(16-10-12)17-13-5-4-6-13/h7-8,10-11,13,15H,3-6,9H2,1-2H3. The van der Waals surface area contributed by atoms with E-state index in [1.165, 1.54) is 24.8 Å². The second-order valence-corrected chi connectivity index (χ2v) is 4.78. The minimum Gasteiger partial charge on any atom is -0.474 e. The lowest BCUT2D eigenvalue weighted by Crippen LogP contribution is -2.25. The second kappa shape index (κ2) is 6.01. The van der Waals surface area contributed by atoms with Crippen molar-refractivity contribution in [1.29, 1.82) is 0 Å². The molecular formula is C14H22N2O. The van der Waals surface area contributed by atoms with Crippen LogP contribution in [0.4, 0.5) is 0 Å². The highest BCUT2D eigenvalue weighted by atomic mass is 16.5. The molecule has 1 heterocycles. The van der Waals surface area contributed by atoms with Gasteiger partial charge in [0, 0.05) is 18.3 Å². The van der Waals surface area contributed by atoms with Gasteiger partial charge in [0.1, 0.15) is 6.10 Å². The third kappa shape index (κ3) is 3.43. The normalized spacial score (nSPS) is 17.5. The summed E-state index contributed by atoms with van der Waals surface area (Å²) in [7, 11) is 0. The van der Waals surface area contributed by atoms with E-state index < -0.39 is 0 Å². The molecule has 17 heavy (non-hydrogen) atoms. The summed E-state index contributed by atoms with van der Waals surface area (Å²) < 4.78 is 5.73. The van der Waals surface area contributed by atoms with Crippen molar-refractivity contribution in [3.63, 3.8) is 0 Å². The molecule has 1 aromatic heterocycles. The Morgan fingerprint density at radius 3 is 2.82 bits per heavy atom. The zero-order valence-electron chi connectivity index (χ0n) is 10.8. The Balaban J connectivity index is 1.87. The van der Waals surface area contributed by atoms with Gasteiger partial charge in [0.05, 0.1) is 0 Å². The van der Waals surface area contributed by atoms with Crippen molar-refractivity contribution in [2.75, 3.05) is 6.54 Å². The Bertz CT molecular complexity index is 333. The largest absolute Gasteiger partial charge is 0.474 e. The van der Waals surface area contributed by atoms with Crippen LogP contribution in [0, 0.1) is 0 Å². The molecule has 0 spiro atoms. The van der Waals surface area contributed by atoms with Gasteiger partial charge in [-0.15, -0.1) is 0 Å². The topological polar surface area (TPSA) is 34.1 Å². The number of hydrogen-bond acceptors (Lipinski definition) is 3. The van der Waals surface area contributed by atoms with Crippen LogP contribution >= 0.6 is 0 Å². The summed E-state index contributed by atoms with van der Waals surface area (Å²) in [6, 6.07) is 4.45. The molecule has 1 unspecified atom stereocenters. The number of ether oxygens (including phenoxy) is 1. The number of nitrogens with one attached hydrogen (secondary N) is 1. The van der Waals surface area contributed by atoms with Crippen molar-refractivity contribution < 1.29 is 4.74 Å². The van der Waals surface area contributed by atoms with E-state index in [0.717, 1.165) is 18.8 Å². The maximum Gasteiger partial charge on any atom is 0.213 e. The molecule has 1 aliphatic rings. The van der Waals surface area contributed by atoms with Crippen LogP contribution in [-0.4, -0.2) is 17.6 Å². The first-order chi connectivity index (χ1) is 8.29. The van der Waals surface area contributed by atoms with Gasteiger partial charge in [-0.1, -0.05) is 13.0 Å². The van der Waals surface area contributed by atoms with Gasteiger partial charge in [-0.05, 0) is 44.7 Å². The molecule has 0 bridgehead atoms. The highest BCUT2D eigenvalue weighted by molar-refractivity contribution is 5.20. The molecule has 1 aromatic rings. The highest BCUT2D eigenvalue weighted by Gasteiger charge is 2.19. The molecule has 0 amide bonds. The number of hydrogen-bond donors (Lipinski definition) is 1. The van der Waals surface area contributed by atoms with E-state index in [9.17, 15) is 0 Å². The first-order valence-corrected chi connectivity index (χ1v) is 6.65. The van der Waals surface area contributed by atoms with Crippen LogP contribution in [0.25, 0.3) is 0 Å². The average molecular weight is 234 g/mol. The van der Waals surface area contributed by atoms with Crippen LogP contribution < -0.4 is 10.1 Å². The Kier molecular flexibility index (Phi) is 4.37. The summed E-state index contributed by atoms with van der Waals surface area (Å²) in [5.74, 6) is 0.765. The molecule has 0 aromatic carbocycles. The smallest absolute Gasteiger partial charge is 0.213 e. The van der Waals surface area contributed by atoms with Crippen LogP contribution in [0.1, 0.15) is 51.1 Å². The first-order valence-electron chi connectivity index (χ1n) is 6.65. The average Bonchev–Trinajstić information content (AvgIpc) is 2.31. The Morgan fingerprint density at radius 2 is 2.29 bits per heavy atom. The summed E-state index contributed by atoms with van der Waals surface area (Å²) in [6.45, 7) is 5.38. The minimum absolute atomic E-state index is 0.361. The molecule has 1 fully saturated rings. The molecule has 3 nitrogen and oxygen atoms in total. The summed E-state index contributed by atoms with van der Waals surface area (Å²) >= 11 is 0. The van der Waals surface area contributed by atoms with Gasteiger partial charge in [0.25, 0.3) is 0 Å². The van der Waals surface area contributed by atoms with E-state index in [2.05, 4.69) is 30.2 Å². The van der Waals surface area contributed by atoms with E-state index >= 15 is 0 Å². The number of aromatic nitrogens is 1. The number of nitrogens with zero attached hydrogens (tertiary/aromatic N) is 1. The molecule has 2 rings (SSSR count). The van der Waals surface area contributed by atoms with E-state index in [0.29, 0.717) is 12.1 Å². The molecule has 0 saturated heterocycles. The monoisotopic (exact) mass is 234 g/mol. The molecule has 0 aliphatic heterocycles. The van der Waals surface area contributed by atoms with Gasteiger partial charge in [0.15, 0.2) is 0 Å². The predicted molar refractivity (Wildman–Crippen MR) is 69.2 cm³/mol. The molecule has 1 saturated carbocycles. The van der Waals surface area contributed by atoms with Crippen LogP contribution in [0.15, 0.2) is 18.3 Å². The molecular weight excluding hydrogens is 212 g/mol. The summed E-state index contributed by atoms with van der Waals surface area (Å²) in [5.41, 5.74) is 1.22. The van der Waals surface area contributed by atoms with Crippen molar-refractivity contribution >= 4 is 0 Å². The number of pyridine rings is 1. The Morgan fingerprint density at radius 1 is 1.47 bits per heavy atom. The van der Waals surface area contributed by atoms with Crippen LogP contribution in [0.5, 0.6) is 5.88 Å². The lowest BCUT2D eigenvalue weighted by Gasteiger charge is -2.25. The first kappa shape index (κ1) is 12.4. The third-order valence-electron chi connectivity index (χ3n) is 3.30. The van der Waals surface area contributed by atoms with Crippen LogP contribution in [0.3, 0.4) is 0 Å². The van der Waals surface area contributed by atoms with E-state index in [1.54, 1.807) is 0 Å². The van der Waals surface area contributed by atoms with Crippen LogP contribution in [0.2, 0.25) is 0 Å². The van der Waals surface area contributed by atoms with Crippen LogP contribution in [-0.2, 0) is 0 Å². The summed E-state index contributed by atoms with van der Waals surface area (Å²) in [4.78, 5) is 4.37. The molecule has 1 N–H and O–H groups in total. The van der Waals surface area contributed by atoms with Gasteiger partial charge in [0.2, 0.25) is 5.88 Å². The fraction of sp³-hybridized carbons (Fsp3) is 0.643. The highest BCUT2D eigenvalue weighted by Crippen LogP contribution is 2.24. The Hall–Kier alpha value is -1.09. The van der Waals surface area contributed by atoms with Gasteiger partial charge in [-0.25, -0.2) is 4.98 Å². The lowest BCUT2D eigenvalue weighted by atomic mass is 9.96. The third-order valence-corrected chi connectivity index (χ3v) is 3.30. The molecule has 1 atom stereocenters. The van der Waals surface area contributed by atoms with Gasteiger partial charge in [-0.2, -0.15) is 0 Å². The summed E-state index contributed by atoms with van der Waals surface area (Å²) in [5, 5.41) is 3.45. The van der Waals surface area contributed by atoms with Gasteiger partial charge in [-0.3, -0.25) is 0 Å². The zero-order chi connectivity index (χ0) is 12.1. The predicted octanol–water partition coefficient (Wildman–Crippen LogP) is 3.07. The van der Waals surface area contributed by atoms with Gasteiger partial charge < -0.3 is 10.1 Å². The number of rotatable bonds is 6. The maximum absolute atomic E-state index is 5.73. The molecule has 94 valence electrons. The maximum atomic E-state index is 5.73. The molecule has 1 aliphatic carbocycles. The minimum atomic E-state index is 0.361. The SMILES string of the molecule is CCCNC(C)c1ccc(OC2CCC2)nc1. The van der Waals surface area contributed by atoms with Crippen molar-refractivity contribution in [3.05, 3.63) is 23.9 Å². The lowest BCUT2D eigenvalue weighted by molar-refractivity contribution is 0.114. The molecule has 3 heteroatoms. The Labute approximate surface area is 104 Å². The summed E-state index contributed by atoms with van der Waals surface area (Å²) in [6.07, 6.45) is 7.13. The van der Waals surface area contributed by atoms with E-state index in [-0.39, 0.29) is 0 Å². The second-order valence-electron chi connectivity index (χ2n) is 4.78. The quantitative estimate of drug-likeness (QED) is 0.821. The fourth-order valence-corrected chi connectivity index (χ4v) is 1.86. The van der Waals surface area contributed by atoms with E-state index in [4.69, 9.17) is 4.74 Å². The fourth-order valence-electron chi connectivity index (χ4n) is 1.86. The van der Waals surface area contributed by atoms with Crippen molar-refractivity contribution in [1.82, 2.24) is 10.3 Å².